The quantitative estimate of drug-likeness (QED) is 0.777. The van der Waals surface area contributed by atoms with E-state index in [0.717, 1.165) is 24.9 Å². The first-order chi connectivity index (χ1) is 8.02. The molecule has 1 aliphatic carbocycles. The summed E-state index contributed by atoms with van der Waals surface area (Å²) in [6, 6.07) is 0.162. The lowest BCUT2D eigenvalue weighted by Gasteiger charge is -2.34. The number of nitrogens with zero attached hydrogens (tertiary/aromatic N) is 1. The molecule has 17 heavy (non-hydrogen) atoms. The molecule has 100 valence electrons. The number of carboxylic acid groups (broad SMARTS) is 1. The van der Waals surface area contributed by atoms with E-state index in [-0.39, 0.29) is 12.5 Å². The number of carboxylic acids is 1. The SMILES string of the molecule is CCN(CC1CCCC(C)C1)C(C)CC(=O)O. The van der Waals surface area contributed by atoms with Crippen LogP contribution in [0.25, 0.3) is 0 Å². The van der Waals surface area contributed by atoms with Crippen LogP contribution in [-0.4, -0.2) is 35.1 Å². The van der Waals surface area contributed by atoms with Gasteiger partial charge in [0.2, 0.25) is 0 Å². The van der Waals surface area contributed by atoms with Crippen molar-refractivity contribution in [2.45, 2.75) is 58.9 Å². The van der Waals surface area contributed by atoms with Gasteiger partial charge in [-0.3, -0.25) is 4.79 Å². The van der Waals surface area contributed by atoms with Crippen molar-refractivity contribution >= 4 is 5.97 Å². The molecule has 0 heterocycles. The van der Waals surface area contributed by atoms with Gasteiger partial charge >= 0.3 is 5.97 Å². The first kappa shape index (κ1) is 14.5. The van der Waals surface area contributed by atoms with Crippen LogP contribution < -0.4 is 0 Å². The lowest BCUT2D eigenvalue weighted by atomic mass is 9.82. The molecule has 3 atom stereocenters. The minimum absolute atomic E-state index is 0.162. The van der Waals surface area contributed by atoms with Crippen LogP contribution in [0, 0.1) is 11.8 Å². The Morgan fingerprint density at radius 2 is 2.18 bits per heavy atom. The van der Waals surface area contributed by atoms with Gasteiger partial charge in [-0.25, -0.2) is 0 Å². The Kier molecular flexibility index (Phi) is 5.96. The predicted molar refractivity (Wildman–Crippen MR) is 70.1 cm³/mol. The summed E-state index contributed by atoms with van der Waals surface area (Å²) in [6.45, 7) is 8.53. The third-order valence-corrected chi connectivity index (χ3v) is 4.04. The number of carbonyl (C=O) groups is 1. The van der Waals surface area contributed by atoms with Crippen LogP contribution >= 0.6 is 0 Å². The molecule has 0 aromatic rings. The molecule has 0 saturated heterocycles. The molecule has 0 aromatic heterocycles. The number of rotatable bonds is 6. The van der Waals surface area contributed by atoms with E-state index in [9.17, 15) is 4.79 Å². The summed E-state index contributed by atoms with van der Waals surface area (Å²) in [6.07, 6.45) is 5.61. The predicted octanol–water partition coefficient (Wildman–Crippen LogP) is 3.00. The van der Waals surface area contributed by atoms with Crippen molar-refractivity contribution in [3.05, 3.63) is 0 Å². The van der Waals surface area contributed by atoms with Gasteiger partial charge in [-0.15, -0.1) is 0 Å². The van der Waals surface area contributed by atoms with Gasteiger partial charge in [-0.1, -0.05) is 26.7 Å². The Bertz CT molecular complexity index is 242. The Hall–Kier alpha value is -0.570. The van der Waals surface area contributed by atoms with Crippen molar-refractivity contribution in [3.63, 3.8) is 0 Å². The summed E-state index contributed by atoms with van der Waals surface area (Å²) in [5.74, 6) is 0.935. The van der Waals surface area contributed by atoms with Gasteiger partial charge in [0.25, 0.3) is 0 Å². The molecule has 0 aliphatic heterocycles. The molecule has 0 aromatic carbocycles. The number of hydrogen-bond donors (Lipinski definition) is 1. The van der Waals surface area contributed by atoms with Crippen molar-refractivity contribution in [2.75, 3.05) is 13.1 Å². The third kappa shape index (κ3) is 5.07. The Labute approximate surface area is 105 Å². The summed E-state index contributed by atoms with van der Waals surface area (Å²) in [5.41, 5.74) is 0. The van der Waals surface area contributed by atoms with E-state index in [1.807, 2.05) is 6.92 Å². The van der Waals surface area contributed by atoms with Crippen LogP contribution in [-0.2, 0) is 4.79 Å². The molecule has 0 amide bonds. The average molecular weight is 241 g/mol. The van der Waals surface area contributed by atoms with E-state index in [1.165, 1.54) is 25.7 Å². The molecule has 1 N–H and O–H groups in total. The molecule has 0 bridgehead atoms. The lowest BCUT2D eigenvalue weighted by molar-refractivity contribution is -0.138. The molecular formula is C14H27NO2. The average Bonchev–Trinajstić information content (AvgIpc) is 2.24. The van der Waals surface area contributed by atoms with Crippen molar-refractivity contribution in [1.82, 2.24) is 4.90 Å². The van der Waals surface area contributed by atoms with Gasteiger partial charge in [-0.05, 0) is 38.1 Å². The number of hydrogen-bond acceptors (Lipinski definition) is 2. The van der Waals surface area contributed by atoms with E-state index in [0.29, 0.717) is 0 Å². The van der Waals surface area contributed by atoms with Crippen molar-refractivity contribution in [1.29, 1.82) is 0 Å². The highest BCUT2D eigenvalue weighted by Gasteiger charge is 2.23. The minimum Gasteiger partial charge on any atom is -0.481 e. The Morgan fingerprint density at radius 1 is 1.47 bits per heavy atom. The normalized spacial score (nSPS) is 27.1. The van der Waals surface area contributed by atoms with Gasteiger partial charge in [0.05, 0.1) is 6.42 Å². The zero-order chi connectivity index (χ0) is 12.8. The van der Waals surface area contributed by atoms with Crippen LogP contribution in [0.4, 0.5) is 0 Å². The van der Waals surface area contributed by atoms with Crippen LogP contribution in [0.3, 0.4) is 0 Å². The van der Waals surface area contributed by atoms with Gasteiger partial charge < -0.3 is 10.0 Å². The van der Waals surface area contributed by atoms with Gasteiger partial charge in [0.1, 0.15) is 0 Å². The fourth-order valence-corrected chi connectivity index (χ4v) is 3.06. The number of aliphatic carboxylic acids is 1. The van der Waals surface area contributed by atoms with Crippen LogP contribution in [0.5, 0.6) is 0 Å². The maximum atomic E-state index is 10.7. The Morgan fingerprint density at radius 3 is 2.71 bits per heavy atom. The van der Waals surface area contributed by atoms with Crippen LogP contribution in [0.1, 0.15) is 52.9 Å². The minimum atomic E-state index is -0.687. The van der Waals surface area contributed by atoms with Crippen LogP contribution in [0.2, 0.25) is 0 Å². The summed E-state index contributed by atoms with van der Waals surface area (Å²) in [7, 11) is 0. The fraction of sp³-hybridized carbons (Fsp3) is 0.929. The standard InChI is InChI=1S/C14H27NO2/c1-4-15(12(3)9-14(16)17)10-13-7-5-6-11(2)8-13/h11-13H,4-10H2,1-3H3,(H,16,17). The fourth-order valence-electron chi connectivity index (χ4n) is 3.06. The second-order valence-corrected chi connectivity index (χ2v) is 5.67. The van der Waals surface area contributed by atoms with Crippen molar-refractivity contribution in [2.24, 2.45) is 11.8 Å². The van der Waals surface area contributed by atoms with Crippen molar-refractivity contribution < 1.29 is 9.90 Å². The molecule has 1 aliphatic rings. The maximum absolute atomic E-state index is 10.7. The van der Waals surface area contributed by atoms with E-state index < -0.39 is 5.97 Å². The first-order valence-corrected chi connectivity index (χ1v) is 6.98. The summed E-state index contributed by atoms with van der Waals surface area (Å²) >= 11 is 0. The lowest BCUT2D eigenvalue weighted by Crippen LogP contribution is -2.39. The van der Waals surface area contributed by atoms with Gasteiger partial charge in [0, 0.05) is 12.6 Å². The Balaban J connectivity index is 2.42. The smallest absolute Gasteiger partial charge is 0.304 e. The highest BCUT2D eigenvalue weighted by Crippen LogP contribution is 2.29. The monoisotopic (exact) mass is 241 g/mol. The summed E-state index contributed by atoms with van der Waals surface area (Å²) < 4.78 is 0. The van der Waals surface area contributed by atoms with Crippen molar-refractivity contribution in [3.8, 4) is 0 Å². The third-order valence-electron chi connectivity index (χ3n) is 4.04. The second-order valence-electron chi connectivity index (χ2n) is 5.67. The molecule has 3 unspecified atom stereocenters. The van der Waals surface area contributed by atoms with Crippen LogP contribution in [0.15, 0.2) is 0 Å². The molecule has 0 radical (unpaired) electrons. The molecular weight excluding hydrogens is 214 g/mol. The maximum Gasteiger partial charge on any atom is 0.304 e. The highest BCUT2D eigenvalue weighted by atomic mass is 16.4. The summed E-state index contributed by atoms with van der Waals surface area (Å²) in [4.78, 5) is 13.1. The van der Waals surface area contributed by atoms with E-state index in [4.69, 9.17) is 5.11 Å². The molecule has 1 saturated carbocycles. The topological polar surface area (TPSA) is 40.5 Å². The zero-order valence-corrected chi connectivity index (χ0v) is 11.5. The molecule has 3 nitrogen and oxygen atoms in total. The van der Waals surface area contributed by atoms with Gasteiger partial charge in [0.15, 0.2) is 0 Å². The van der Waals surface area contributed by atoms with E-state index in [1.54, 1.807) is 0 Å². The first-order valence-electron chi connectivity index (χ1n) is 6.98. The molecule has 0 spiro atoms. The van der Waals surface area contributed by atoms with Gasteiger partial charge in [-0.2, -0.15) is 0 Å². The molecule has 3 heteroatoms. The highest BCUT2D eigenvalue weighted by molar-refractivity contribution is 5.67. The second kappa shape index (κ2) is 7.00. The molecule has 1 rings (SSSR count). The van der Waals surface area contributed by atoms with E-state index >= 15 is 0 Å². The largest absolute Gasteiger partial charge is 0.481 e. The van der Waals surface area contributed by atoms with E-state index in [2.05, 4.69) is 18.7 Å². The zero-order valence-electron chi connectivity index (χ0n) is 11.5. The summed E-state index contributed by atoms with van der Waals surface area (Å²) in [5, 5.41) is 8.85. The molecule has 1 fully saturated rings.